The second-order valence-electron chi connectivity index (χ2n) is 8.77. The Balaban J connectivity index is 1.27. The summed E-state index contributed by atoms with van der Waals surface area (Å²) in [5.74, 6) is 1.18. The second-order valence-corrected chi connectivity index (χ2v) is 8.77. The number of hydrogen-bond acceptors (Lipinski definition) is 7. The Bertz CT molecular complexity index is 1590. The van der Waals surface area contributed by atoms with E-state index in [2.05, 4.69) is 10.6 Å². The van der Waals surface area contributed by atoms with Crippen LogP contribution in [0, 0.1) is 0 Å². The number of benzene rings is 2. The molecule has 0 radical (unpaired) electrons. The Morgan fingerprint density at radius 2 is 1.74 bits per heavy atom. The number of fused-ring (bicyclic) bond motifs is 2. The van der Waals surface area contributed by atoms with Gasteiger partial charge in [0.25, 0.3) is 5.56 Å². The number of nitrogens with one attached hydrogen (secondary N) is 2. The molecular weight excluding hydrogens is 492 g/mol. The summed E-state index contributed by atoms with van der Waals surface area (Å²) in [6, 6.07) is 15.2. The van der Waals surface area contributed by atoms with Crippen molar-refractivity contribution < 1.29 is 23.5 Å². The number of carbonyl (C=O) groups excluding carboxylic acids is 2. The van der Waals surface area contributed by atoms with E-state index in [1.165, 1.54) is 10.8 Å². The molecule has 0 fully saturated rings. The van der Waals surface area contributed by atoms with Gasteiger partial charge < -0.3 is 24.5 Å². The van der Waals surface area contributed by atoms with Crippen LogP contribution in [0.5, 0.6) is 11.5 Å². The van der Waals surface area contributed by atoms with Gasteiger partial charge in [-0.25, -0.2) is 4.79 Å². The zero-order valence-electron chi connectivity index (χ0n) is 20.5. The largest absolute Gasteiger partial charge is 0.467 e. The molecule has 11 heteroatoms. The molecule has 0 saturated carbocycles. The number of aromatic nitrogens is 2. The number of ether oxygens (including phenoxy) is 2. The van der Waals surface area contributed by atoms with E-state index in [9.17, 15) is 19.2 Å². The third-order valence-corrected chi connectivity index (χ3v) is 6.17. The van der Waals surface area contributed by atoms with Gasteiger partial charge in [-0.2, -0.15) is 0 Å². The maximum Gasteiger partial charge on any atom is 0.331 e. The second kappa shape index (κ2) is 11.1. The maximum atomic E-state index is 13.3. The highest BCUT2D eigenvalue weighted by molar-refractivity contribution is 5.92. The first kappa shape index (κ1) is 24.9. The Kier molecular flexibility index (Phi) is 7.25. The molecule has 0 unspecified atom stereocenters. The van der Waals surface area contributed by atoms with Gasteiger partial charge in [-0.05, 0) is 49.2 Å². The van der Waals surface area contributed by atoms with E-state index in [1.807, 2.05) is 0 Å². The Hall–Kier alpha value is -4.80. The van der Waals surface area contributed by atoms with E-state index in [1.54, 1.807) is 54.6 Å². The van der Waals surface area contributed by atoms with E-state index in [0.717, 1.165) is 4.57 Å². The van der Waals surface area contributed by atoms with Crippen molar-refractivity contribution in [2.45, 2.75) is 38.9 Å². The molecule has 2 aromatic carbocycles. The van der Waals surface area contributed by atoms with Crippen LogP contribution >= 0.6 is 0 Å². The molecule has 0 aliphatic carbocycles. The minimum atomic E-state index is -0.586. The van der Waals surface area contributed by atoms with Gasteiger partial charge >= 0.3 is 5.69 Å². The van der Waals surface area contributed by atoms with Gasteiger partial charge in [0.15, 0.2) is 11.5 Å². The molecule has 2 amide bonds. The van der Waals surface area contributed by atoms with E-state index in [4.69, 9.17) is 13.9 Å². The predicted octanol–water partition coefficient (Wildman–Crippen LogP) is 2.61. The molecule has 2 aromatic heterocycles. The average Bonchev–Trinajstić information content (AvgIpc) is 3.61. The van der Waals surface area contributed by atoms with E-state index < -0.39 is 17.2 Å². The standard InChI is InChI=1S/C27H26N4O7/c32-24(28-15-19-6-5-13-36-19)9-3-4-12-30-26(34)20-7-1-2-8-21(20)31(27(30)35)16-25(33)29-18-10-11-22-23(14-18)38-17-37-22/h1-2,5-8,10-11,13-14H,3-4,9,12,15-17H2,(H,28,32)(H,29,33). The van der Waals surface area contributed by atoms with Gasteiger partial charge in [0.05, 0.1) is 23.7 Å². The van der Waals surface area contributed by atoms with Crippen LogP contribution in [0.2, 0.25) is 0 Å². The van der Waals surface area contributed by atoms with E-state index in [0.29, 0.717) is 53.2 Å². The number of para-hydroxylation sites is 1. The summed E-state index contributed by atoms with van der Waals surface area (Å²) in [5, 5.41) is 5.86. The zero-order valence-corrected chi connectivity index (χ0v) is 20.5. The number of amides is 2. The monoisotopic (exact) mass is 518 g/mol. The minimum absolute atomic E-state index is 0.116. The molecule has 0 spiro atoms. The van der Waals surface area contributed by atoms with Gasteiger partial charge in [0.1, 0.15) is 12.3 Å². The highest BCUT2D eigenvalue weighted by Gasteiger charge is 2.17. The molecule has 0 bridgehead atoms. The summed E-state index contributed by atoms with van der Waals surface area (Å²) in [4.78, 5) is 51.4. The number of rotatable bonds is 10. The Morgan fingerprint density at radius 1 is 0.895 bits per heavy atom. The summed E-state index contributed by atoms with van der Waals surface area (Å²) in [6.45, 7) is 0.251. The SMILES string of the molecule is O=C(CCCCn1c(=O)c2ccccc2n(CC(=O)Nc2ccc3c(c2)OCO3)c1=O)NCc1ccco1. The molecule has 0 atom stereocenters. The molecule has 38 heavy (non-hydrogen) atoms. The van der Waals surface area contributed by atoms with Gasteiger partial charge in [0, 0.05) is 24.7 Å². The van der Waals surface area contributed by atoms with Crippen molar-refractivity contribution in [1.29, 1.82) is 0 Å². The fraction of sp³-hybridized carbons (Fsp3) is 0.259. The number of hydrogen-bond donors (Lipinski definition) is 2. The quantitative estimate of drug-likeness (QED) is 0.308. The lowest BCUT2D eigenvalue weighted by Crippen LogP contribution is -2.41. The lowest BCUT2D eigenvalue weighted by Gasteiger charge is -2.14. The van der Waals surface area contributed by atoms with Crippen LogP contribution in [0.15, 0.2) is 74.9 Å². The summed E-state index contributed by atoms with van der Waals surface area (Å²) in [5.41, 5.74) is -0.149. The van der Waals surface area contributed by atoms with Crippen LogP contribution in [-0.2, 0) is 29.2 Å². The molecule has 4 aromatic rings. The van der Waals surface area contributed by atoms with Crippen LogP contribution in [0.1, 0.15) is 25.0 Å². The number of nitrogens with zero attached hydrogens (tertiary/aromatic N) is 2. The lowest BCUT2D eigenvalue weighted by atomic mass is 10.2. The molecule has 2 N–H and O–H groups in total. The Labute approximate surface area is 216 Å². The minimum Gasteiger partial charge on any atom is -0.467 e. The molecule has 3 heterocycles. The summed E-state index contributed by atoms with van der Waals surface area (Å²) in [7, 11) is 0. The fourth-order valence-corrected chi connectivity index (χ4v) is 4.28. The van der Waals surface area contributed by atoms with Crippen molar-refractivity contribution in [3.8, 4) is 11.5 Å². The van der Waals surface area contributed by atoms with Crippen molar-refractivity contribution in [1.82, 2.24) is 14.5 Å². The van der Waals surface area contributed by atoms with E-state index >= 15 is 0 Å². The van der Waals surface area contributed by atoms with Crippen LogP contribution in [0.4, 0.5) is 5.69 Å². The third kappa shape index (κ3) is 5.46. The van der Waals surface area contributed by atoms with E-state index in [-0.39, 0.29) is 32.2 Å². The van der Waals surface area contributed by atoms with Gasteiger partial charge in [-0.15, -0.1) is 0 Å². The smallest absolute Gasteiger partial charge is 0.331 e. The van der Waals surface area contributed by atoms with Crippen molar-refractivity contribution in [2.24, 2.45) is 0 Å². The van der Waals surface area contributed by atoms with Gasteiger partial charge in [0.2, 0.25) is 18.6 Å². The molecule has 1 aliphatic heterocycles. The number of anilines is 1. The third-order valence-electron chi connectivity index (χ3n) is 6.17. The van der Waals surface area contributed by atoms with Crippen molar-refractivity contribution in [2.75, 3.05) is 12.1 Å². The first-order chi connectivity index (χ1) is 18.5. The highest BCUT2D eigenvalue weighted by Crippen LogP contribution is 2.34. The van der Waals surface area contributed by atoms with Crippen LogP contribution in [-0.4, -0.2) is 27.7 Å². The van der Waals surface area contributed by atoms with Crippen LogP contribution < -0.4 is 31.4 Å². The number of unbranched alkanes of at least 4 members (excludes halogenated alkanes) is 1. The molecule has 0 saturated heterocycles. The number of carbonyl (C=O) groups is 2. The first-order valence-electron chi connectivity index (χ1n) is 12.2. The summed E-state index contributed by atoms with van der Waals surface area (Å²) >= 11 is 0. The normalized spacial score (nSPS) is 12.0. The lowest BCUT2D eigenvalue weighted by molar-refractivity contribution is -0.121. The fourth-order valence-electron chi connectivity index (χ4n) is 4.28. The first-order valence-corrected chi connectivity index (χ1v) is 12.2. The van der Waals surface area contributed by atoms with Crippen molar-refractivity contribution in [3.63, 3.8) is 0 Å². The molecule has 1 aliphatic rings. The summed E-state index contributed by atoms with van der Waals surface area (Å²) < 4.78 is 18.2. The highest BCUT2D eigenvalue weighted by atomic mass is 16.7. The molecule has 196 valence electrons. The van der Waals surface area contributed by atoms with Crippen LogP contribution in [0.25, 0.3) is 10.9 Å². The van der Waals surface area contributed by atoms with Gasteiger partial charge in [-0.1, -0.05) is 12.1 Å². The molecule has 5 rings (SSSR count). The maximum absolute atomic E-state index is 13.3. The zero-order chi connectivity index (χ0) is 26.5. The summed E-state index contributed by atoms with van der Waals surface area (Å²) in [6.07, 6.45) is 2.70. The topological polar surface area (TPSA) is 134 Å². The molecule has 11 nitrogen and oxygen atoms in total. The van der Waals surface area contributed by atoms with Crippen molar-refractivity contribution >= 4 is 28.4 Å². The predicted molar refractivity (Wildman–Crippen MR) is 138 cm³/mol. The molecular formula is C27H26N4O7. The van der Waals surface area contributed by atoms with Crippen molar-refractivity contribution in [3.05, 3.63) is 87.5 Å². The number of furan rings is 1. The van der Waals surface area contributed by atoms with Gasteiger partial charge in [-0.3, -0.25) is 23.5 Å². The van der Waals surface area contributed by atoms with Crippen LogP contribution in [0.3, 0.4) is 0 Å². The average molecular weight is 519 g/mol. The Morgan fingerprint density at radius 3 is 2.58 bits per heavy atom.